The van der Waals surface area contributed by atoms with Gasteiger partial charge in [-0.2, -0.15) is 4.98 Å². The molecule has 0 fully saturated rings. The lowest BCUT2D eigenvalue weighted by atomic mass is 10.3. The van der Waals surface area contributed by atoms with E-state index in [-0.39, 0.29) is 6.10 Å². The van der Waals surface area contributed by atoms with Gasteiger partial charge in [0.05, 0.1) is 24.0 Å². The number of hydrogen-bond donors (Lipinski definition) is 2. The van der Waals surface area contributed by atoms with Gasteiger partial charge in [-0.1, -0.05) is 6.07 Å². The Labute approximate surface area is 119 Å². The van der Waals surface area contributed by atoms with Crippen LogP contribution in [0.25, 0.3) is 0 Å². The standard InChI is InChI=1S/C15H20N4O/c1-10(2)20-15-13(16)7-8-14(19-15)17-9-12-6-4-5-11(3)18-12/h4-8,10H,9,16H2,1-3H3,(H,17,19). The van der Waals surface area contributed by atoms with E-state index in [9.17, 15) is 0 Å². The number of aryl methyl sites for hydroxylation is 1. The number of pyridine rings is 2. The quantitative estimate of drug-likeness (QED) is 0.875. The zero-order valence-corrected chi connectivity index (χ0v) is 12.1. The summed E-state index contributed by atoms with van der Waals surface area (Å²) in [5.41, 5.74) is 8.34. The fourth-order valence-electron chi connectivity index (χ4n) is 1.75. The molecule has 2 heterocycles. The van der Waals surface area contributed by atoms with Gasteiger partial charge in [0.1, 0.15) is 5.82 Å². The van der Waals surface area contributed by atoms with E-state index in [1.165, 1.54) is 0 Å². The Kier molecular flexibility index (Phi) is 4.40. The lowest BCUT2D eigenvalue weighted by Gasteiger charge is -2.13. The third-order valence-corrected chi connectivity index (χ3v) is 2.63. The Balaban J connectivity index is 2.06. The summed E-state index contributed by atoms with van der Waals surface area (Å²) in [4.78, 5) is 8.79. The van der Waals surface area contributed by atoms with Crippen LogP contribution in [-0.2, 0) is 6.54 Å². The predicted octanol–water partition coefficient (Wildman–Crippen LogP) is 2.77. The molecular weight excluding hydrogens is 252 g/mol. The molecule has 20 heavy (non-hydrogen) atoms. The number of aromatic nitrogens is 2. The van der Waals surface area contributed by atoms with Gasteiger partial charge < -0.3 is 15.8 Å². The smallest absolute Gasteiger partial charge is 0.239 e. The highest BCUT2D eigenvalue weighted by Gasteiger charge is 2.06. The topological polar surface area (TPSA) is 73.1 Å². The van der Waals surface area contributed by atoms with Gasteiger partial charge >= 0.3 is 0 Å². The summed E-state index contributed by atoms with van der Waals surface area (Å²) in [6, 6.07) is 9.56. The summed E-state index contributed by atoms with van der Waals surface area (Å²) in [6.45, 7) is 6.47. The van der Waals surface area contributed by atoms with Crippen LogP contribution in [0, 0.1) is 6.92 Å². The van der Waals surface area contributed by atoms with E-state index in [0.29, 0.717) is 18.1 Å². The first-order valence-electron chi connectivity index (χ1n) is 6.64. The molecule has 0 atom stereocenters. The van der Waals surface area contributed by atoms with Crippen molar-refractivity contribution in [2.45, 2.75) is 33.4 Å². The van der Waals surface area contributed by atoms with Gasteiger partial charge in [0.2, 0.25) is 5.88 Å². The number of anilines is 2. The van der Waals surface area contributed by atoms with E-state index >= 15 is 0 Å². The van der Waals surface area contributed by atoms with E-state index in [2.05, 4.69) is 15.3 Å². The third-order valence-electron chi connectivity index (χ3n) is 2.63. The molecule has 106 valence electrons. The largest absolute Gasteiger partial charge is 0.473 e. The van der Waals surface area contributed by atoms with E-state index in [4.69, 9.17) is 10.5 Å². The van der Waals surface area contributed by atoms with Gasteiger partial charge in [-0.25, -0.2) is 0 Å². The average Bonchev–Trinajstić information content (AvgIpc) is 2.39. The molecule has 0 spiro atoms. The Morgan fingerprint density at radius 1 is 1.20 bits per heavy atom. The second-order valence-corrected chi connectivity index (χ2v) is 4.88. The highest BCUT2D eigenvalue weighted by Crippen LogP contribution is 2.22. The fraction of sp³-hybridized carbons (Fsp3) is 0.333. The maximum Gasteiger partial charge on any atom is 0.239 e. The Bertz CT molecular complexity index is 584. The summed E-state index contributed by atoms with van der Waals surface area (Å²) < 4.78 is 5.57. The van der Waals surface area contributed by atoms with Crippen LogP contribution >= 0.6 is 0 Å². The molecule has 2 aromatic rings. The van der Waals surface area contributed by atoms with Crippen LogP contribution in [0.5, 0.6) is 5.88 Å². The van der Waals surface area contributed by atoms with Crippen LogP contribution in [0.4, 0.5) is 11.5 Å². The van der Waals surface area contributed by atoms with Gasteiger partial charge in [0.25, 0.3) is 0 Å². The van der Waals surface area contributed by atoms with Crippen molar-refractivity contribution in [3.8, 4) is 5.88 Å². The molecule has 0 aliphatic carbocycles. The monoisotopic (exact) mass is 272 g/mol. The SMILES string of the molecule is Cc1cccc(CNc2ccc(N)c(OC(C)C)n2)n1. The fourth-order valence-corrected chi connectivity index (χ4v) is 1.75. The van der Waals surface area contributed by atoms with Gasteiger partial charge in [-0.15, -0.1) is 0 Å². The van der Waals surface area contributed by atoms with Gasteiger partial charge in [0, 0.05) is 5.69 Å². The summed E-state index contributed by atoms with van der Waals surface area (Å²) in [5.74, 6) is 1.18. The highest BCUT2D eigenvalue weighted by atomic mass is 16.5. The second kappa shape index (κ2) is 6.23. The van der Waals surface area contributed by atoms with Crippen LogP contribution in [0.2, 0.25) is 0 Å². The maximum absolute atomic E-state index is 5.84. The minimum Gasteiger partial charge on any atom is -0.473 e. The van der Waals surface area contributed by atoms with Crippen molar-refractivity contribution in [3.05, 3.63) is 41.7 Å². The van der Waals surface area contributed by atoms with Crippen molar-refractivity contribution >= 4 is 11.5 Å². The summed E-state index contributed by atoms with van der Waals surface area (Å²) >= 11 is 0. The van der Waals surface area contributed by atoms with Crippen LogP contribution in [0.1, 0.15) is 25.2 Å². The van der Waals surface area contributed by atoms with Crippen LogP contribution in [0.3, 0.4) is 0 Å². The molecule has 2 rings (SSSR count). The van der Waals surface area contributed by atoms with Crippen molar-refractivity contribution in [1.29, 1.82) is 0 Å². The third kappa shape index (κ3) is 3.85. The van der Waals surface area contributed by atoms with Crippen molar-refractivity contribution < 1.29 is 4.74 Å². The van der Waals surface area contributed by atoms with Gasteiger partial charge in [0.15, 0.2) is 0 Å². The van der Waals surface area contributed by atoms with Crippen LogP contribution in [0.15, 0.2) is 30.3 Å². The number of nitrogens with two attached hydrogens (primary N) is 1. The number of nitrogen functional groups attached to an aromatic ring is 1. The number of ether oxygens (including phenoxy) is 1. The van der Waals surface area contributed by atoms with Crippen molar-refractivity contribution in [1.82, 2.24) is 9.97 Å². The Morgan fingerprint density at radius 3 is 2.70 bits per heavy atom. The molecule has 0 saturated carbocycles. The van der Waals surface area contributed by atoms with E-state index < -0.39 is 0 Å². The average molecular weight is 272 g/mol. The zero-order valence-electron chi connectivity index (χ0n) is 12.1. The number of hydrogen-bond acceptors (Lipinski definition) is 5. The molecule has 0 aromatic carbocycles. The lowest BCUT2D eigenvalue weighted by Crippen LogP contribution is -2.10. The molecule has 0 aliphatic heterocycles. The molecule has 0 saturated heterocycles. The normalized spacial score (nSPS) is 10.6. The Morgan fingerprint density at radius 2 is 2.00 bits per heavy atom. The van der Waals surface area contributed by atoms with E-state index in [1.54, 1.807) is 6.07 Å². The molecule has 0 bridgehead atoms. The first-order chi connectivity index (χ1) is 9.54. The van der Waals surface area contributed by atoms with Crippen molar-refractivity contribution in [2.75, 3.05) is 11.1 Å². The number of rotatable bonds is 5. The molecule has 5 nitrogen and oxygen atoms in total. The van der Waals surface area contributed by atoms with Gasteiger partial charge in [-0.3, -0.25) is 4.98 Å². The number of nitrogens with one attached hydrogen (secondary N) is 1. The molecule has 2 aromatic heterocycles. The molecule has 0 aliphatic rings. The van der Waals surface area contributed by atoms with Crippen LogP contribution in [-0.4, -0.2) is 16.1 Å². The highest BCUT2D eigenvalue weighted by molar-refractivity contribution is 5.53. The summed E-state index contributed by atoms with van der Waals surface area (Å²) in [5, 5.41) is 3.22. The van der Waals surface area contributed by atoms with E-state index in [0.717, 1.165) is 17.2 Å². The number of nitrogens with zero attached hydrogens (tertiary/aromatic N) is 2. The molecule has 0 radical (unpaired) electrons. The van der Waals surface area contributed by atoms with Crippen molar-refractivity contribution in [2.24, 2.45) is 0 Å². The first-order valence-corrected chi connectivity index (χ1v) is 6.64. The summed E-state index contributed by atoms with van der Waals surface area (Å²) in [6.07, 6.45) is 0.0403. The lowest BCUT2D eigenvalue weighted by molar-refractivity contribution is 0.234. The second-order valence-electron chi connectivity index (χ2n) is 4.88. The predicted molar refractivity (Wildman–Crippen MR) is 80.7 cm³/mol. The Hall–Kier alpha value is -2.30. The molecule has 0 amide bonds. The molecule has 0 unspecified atom stereocenters. The van der Waals surface area contributed by atoms with Crippen LogP contribution < -0.4 is 15.8 Å². The molecular formula is C15H20N4O. The maximum atomic E-state index is 5.84. The minimum atomic E-state index is 0.0403. The molecule has 5 heteroatoms. The van der Waals surface area contributed by atoms with E-state index in [1.807, 2.05) is 45.0 Å². The first kappa shape index (κ1) is 14.1. The van der Waals surface area contributed by atoms with Gasteiger partial charge in [-0.05, 0) is 45.0 Å². The molecule has 3 N–H and O–H groups in total. The zero-order chi connectivity index (χ0) is 14.5. The minimum absolute atomic E-state index is 0.0403. The summed E-state index contributed by atoms with van der Waals surface area (Å²) in [7, 11) is 0. The van der Waals surface area contributed by atoms with Crippen molar-refractivity contribution in [3.63, 3.8) is 0 Å².